The molecular weight excluding hydrogens is 462 g/mol. The fraction of sp³-hybridized carbons (Fsp3) is 0.379. The molecule has 1 saturated carbocycles. The highest BCUT2D eigenvalue weighted by atomic mass is 16.5. The molecule has 0 spiro atoms. The average molecular weight is 500 g/mol. The minimum absolute atomic E-state index is 0.407. The Morgan fingerprint density at radius 2 is 1.73 bits per heavy atom. The van der Waals surface area contributed by atoms with Crippen LogP contribution in [0.25, 0.3) is 10.9 Å². The minimum atomic E-state index is 0.407. The van der Waals surface area contributed by atoms with Crippen LogP contribution in [0.1, 0.15) is 36.9 Å². The Bertz CT molecular complexity index is 1310. The van der Waals surface area contributed by atoms with Crippen LogP contribution >= 0.6 is 0 Å². The van der Waals surface area contributed by atoms with Gasteiger partial charge in [0.05, 0.1) is 11.2 Å². The molecule has 0 unspecified atom stereocenters. The Balaban J connectivity index is 1.11. The van der Waals surface area contributed by atoms with Gasteiger partial charge in [0.25, 0.3) is 0 Å². The van der Waals surface area contributed by atoms with Crippen LogP contribution in [0.5, 0.6) is 0 Å². The third-order valence-corrected chi connectivity index (χ3v) is 7.33. The van der Waals surface area contributed by atoms with E-state index in [1.807, 2.05) is 50.5 Å². The topological polar surface area (TPSA) is 90.3 Å². The fourth-order valence-electron chi connectivity index (χ4n) is 5.28. The Morgan fingerprint density at radius 1 is 0.946 bits per heavy atom. The van der Waals surface area contributed by atoms with E-state index >= 15 is 0 Å². The first-order valence-electron chi connectivity index (χ1n) is 13.1. The highest BCUT2D eigenvalue weighted by Gasteiger charge is 2.22. The van der Waals surface area contributed by atoms with Crippen LogP contribution in [-0.4, -0.2) is 46.4 Å². The van der Waals surface area contributed by atoms with Crippen LogP contribution in [0.3, 0.4) is 0 Å². The predicted octanol–water partition coefficient (Wildman–Crippen LogP) is 5.11. The molecule has 0 atom stereocenters. The number of rotatable bonds is 10. The Hall–Kier alpha value is -3.62. The molecule has 2 aromatic heterocycles. The van der Waals surface area contributed by atoms with E-state index in [9.17, 15) is 5.21 Å². The zero-order valence-electron chi connectivity index (χ0n) is 21.7. The minimum Gasteiger partial charge on any atom is -0.362 e. The fourth-order valence-corrected chi connectivity index (χ4v) is 5.28. The quantitative estimate of drug-likeness (QED) is 0.226. The summed E-state index contributed by atoms with van der Waals surface area (Å²) in [6.45, 7) is 2.57. The Labute approximate surface area is 218 Å². The summed E-state index contributed by atoms with van der Waals surface area (Å²) in [7, 11) is 4.05. The summed E-state index contributed by atoms with van der Waals surface area (Å²) in [4.78, 5) is 11.6. The molecule has 0 amide bonds. The number of benzene rings is 2. The van der Waals surface area contributed by atoms with Crippen molar-refractivity contribution in [2.24, 2.45) is 5.92 Å². The Kier molecular flexibility index (Phi) is 7.87. The lowest BCUT2D eigenvalue weighted by atomic mass is 9.86. The predicted molar refractivity (Wildman–Crippen MR) is 150 cm³/mol. The van der Waals surface area contributed by atoms with Crippen molar-refractivity contribution in [1.82, 2.24) is 19.9 Å². The molecule has 194 valence electrons. The van der Waals surface area contributed by atoms with Crippen LogP contribution in [0.4, 0.5) is 17.5 Å². The van der Waals surface area contributed by atoms with Crippen molar-refractivity contribution in [2.75, 3.05) is 36.3 Å². The molecule has 0 bridgehead atoms. The third kappa shape index (κ3) is 6.03. The molecule has 1 aliphatic carbocycles. The second-order valence-corrected chi connectivity index (χ2v) is 10.2. The van der Waals surface area contributed by atoms with Gasteiger partial charge in [0, 0.05) is 50.5 Å². The zero-order chi connectivity index (χ0) is 25.6. The van der Waals surface area contributed by atoms with Gasteiger partial charge in [-0.05, 0) is 74.0 Å². The van der Waals surface area contributed by atoms with Gasteiger partial charge < -0.3 is 20.1 Å². The van der Waals surface area contributed by atoms with E-state index in [1.165, 1.54) is 18.5 Å². The van der Waals surface area contributed by atoms with Gasteiger partial charge in [-0.25, -0.2) is 4.98 Å². The smallest absolute Gasteiger partial charge is 0.225 e. The lowest BCUT2D eigenvalue weighted by molar-refractivity contribution is 0.323. The van der Waals surface area contributed by atoms with Crippen molar-refractivity contribution in [3.05, 3.63) is 78.1 Å². The van der Waals surface area contributed by atoms with E-state index in [0.717, 1.165) is 66.4 Å². The maximum atomic E-state index is 9.39. The van der Waals surface area contributed by atoms with Crippen LogP contribution in [0.2, 0.25) is 0 Å². The van der Waals surface area contributed by atoms with Crippen LogP contribution in [-0.2, 0) is 13.1 Å². The van der Waals surface area contributed by atoms with E-state index in [2.05, 4.69) is 56.0 Å². The van der Waals surface area contributed by atoms with Gasteiger partial charge in [0.1, 0.15) is 5.82 Å². The maximum absolute atomic E-state index is 9.39. The van der Waals surface area contributed by atoms with Crippen molar-refractivity contribution in [1.29, 1.82) is 0 Å². The van der Waals surface area contributed by atoms with Gasteiger partial charge in [0.2, 0.25) is 5.95 Å². The molecule has 0 saturated heterocycles. The van der Waals surface area contributed by atoms with E-state index < -0.39 is 0 Å². The zero-order valence-corrected chi connectivity index (χ0v) is 21.7. The average Bonchev–Trinajstić information content (AvgIpc) is 3.36. The SMILES string of the molecule is CN(C)c1nc(N[C@H]2CC[C@@H](CNCc3cccn3Cc3ccccc3NO)CC2)nc2ccccc12. The van der Waals surface area contributed by atoms with E-state index in [4.69, 9.17) is 9.97 Å². The second kappa shape index (κ2) is 11.6. The standard InChI is InChI=1S/C29H37N7O/c1-35(2)28-25-10-4-6-12-27(25)32-29(33-28)31-23-15-13-21(14-16-23)18-30-19-24-9-7-17-36(24)20-22-8-3-5-11-26(22)34-37/h3-12,17,21,23,30,34,37H,13-16,18-20H2,1-2H3,(H,31,32,33)/t21-,23+. The van der Waals surface area contributed by atoms with Crippen molar-refractivity contribution < 1.29 is 5.21 Å². The number of nitrogens with zero attached hydrogens (tertiary/aromatic N) is 4. The summed E-state index contributed by atoms with van der Waals surface area (Å²) in [6.07, 6.45) is 6.73. The molecule has 8 nitrogen and oxygen atoms in total. The molecule has 8 heteroatoms. The van der Waals surface area contributed by atoms with Gasteiger partial charge >= 0.3 is 0 Å². The van der Waals surface area contributed by atoms with Crippen molar-refractivity contribution in [3.8, 4) is 0 Å². The number of hydrogen-bond acceptors (Lipinski definition) is 7. The number of fused-ring (bicyclic) bond motifs is 1. The lowest BCUT2D eigenvalue weighted by Crippen LogP contribution is -2.32. The molecule has 0 aliphatic heterocycles. The third-order valence-electron chi connectivity index (χ3n) is 7.33. The Morgan fingerprint density at radius 3 is 2.54 bits per heavy atom. The molecule has 1 aliphatic rings. The molecule has 37 heavy (non-hydrogen) atoms. The molecule has 1 fully saturated rings. The van der Waals surface area contributed by atoms with Gasteiger partial charge in [-0.15, -0.1) is 0 Å². The number of hydrogen-bond donors (Lipinski definition) is 4. The summed E-state index contributed by atoms with van der Waals surface area (Å²) < 4.78 is 2.23. The second-order valence-electron chi connectivity index (χ2n) is 10.2. The molecule has 0 radical (unpaired) electrons. The van der Waals surface area contributed by atoms with E-state index in [0.29, 0.717) is 12.0 Å². The number of anilines is 3. The van der Waals surface area contributed by atoms with E-state index in [1.54, 1.807) is 0 Å². The first kappa shape index (κ1) is 25.0. The van der Waals surface area contributed by atoms with Crippen molar-refractivity contribution in [3.63, 3.8) is 0 Å². The molecule has 4 aromatic rings. The van der Waals surface area contributed by atoms with Crippen LogP contribution < -0.4 is 21.0 Å². The lowest BCUT2D eigenvalue weighted by Gasteiger charge is -2.29. The van der Waals surface area contributed by atoms with Gasteiger partial charge in [-0.1, -0.05) is 30.3 Å². The normalized spacial score (nSPS) is 17.6. The summed E-state index contributed by atoms with van der Waals surface area (Å²) in [5.74, 6) is 2.35. The molecule has 2 aromatic carbocycles. The molecule has 2 heterocycles. The highest BCUT2D eigenvalue weighted by molar-refractivity contribution is 5.90. The molecule has 5 rings (SSSR count). The molecular formula is C29H37N7O. The first-order chi connectivity index (χ1) is 18.1. The number of para-hydroxylation sites is 2. The van der Waals surface area contributed by atoms with Crippen molar-refractivity contribution >= 4 is 28.4 Å². The molecule has 4 N–H and O–H groups in total. The number of aromatic nitrogens is 3. The van der Waals surface area contributed by atoms with Crippen LogP contribution in [0.15, 0.2) is 66.9 Å². The summed E-state index contributed by atoms with van der Waals surface area (Å²) >= 11 is 0. The first-order valence-corrected chi connectivity index (χ1v) is 13.1. The largest absolute Gasteiger partial charge is 0.362 e. The summed E-state index contributed by atoms with van der Waals surface area (Å²) in [5.41, 5.74) is 6.32. The summed E-state index contributed by atoms with van der Waals surface area (Å²) in [6, 6.07) is 20.7. The maximum Gasteiger partial charge on any atom is 0.225 e. The van der Waals surface area contributed by atoms with Gasteiger partial charge in [-0.2, -0.15) is 4.98 Å². The van der Waals surface area contributed by atoms with Crippen molar-refractivity contribution in [2.45, 2.75) is 44.8 Å². The monoisotopic (exact) mass is 499 g/mol. The van der Waals surface area contributed by atoms with E-state index in [-0.39, 0.29) is 0 Å². The van der Waals surface area contributed by atoms with Gasteiger partial charge in [-0.3, -0.25) is 10.7 Å². The van der Waals surface area contributed by atoms with Crippen LogP contribution in [0, 0.1) is 5.92 Å². The number of nitrogens with one attached hydrogen (secondary N) is 3. The summed E-state index contributed by atoms with van der Waals surface area (Å²) in [5, 5.41) is 17.8. The van der Waals surface area contributed by atoms with Gasteiger partial charge in [0.15, 0.2) is 0 Å². The highest BCUT2D eigenvalue weighted by Crippen LogP contribution is 2.28.